The molecule has 0 aliphatic heterocycles. The van der Waals surface area contributed by atoms with Crippen LogP contribution in [0, 0.1) is 10.1 Å². The fourth-order valence-corrected chi connectivity index (χ4v) is 2.24. The summed E-state index contributed by atoms with van der Waals surface area (Å²) >= 11 is 5.94. The molecule has 0 unspecified atom stereocenters. The third-order valence-corrected chi connectivity index (χ3v) is 3.13. The van der Waals surface area contributed by atoms with Gasteiger partial charge in [-0.25, -0.2) is 0 Å². The van der Waals surface area contributed by atoms with Crippen LogP contribution < -0.4 is 4.90 Å². The molecule has 98 valence electrons. The van der Waals surface area contributed by atoms with Crippen molar-refractivity contribution in [1.29, 1.82) is 0 Å². The van der Waals surface area contributed by atoms with Crippen molar-refractivity contribution >= 4 is 28.7 Å². The fraction of sp³-hybridized carbons (Fsp3) is 0.143. The topological polar surface area (TPSA) is 46.4 Å². The van der Waals surface area contributed by atoms with Gasteiger partial charge in [0.1, 0.15) is 10.7 Å². The quantitative estimate of drug-likeness (QED) is 0.614. The number of nitrogens with zero attached hydrogens (tertiary/aromatic N) is 2. The lowest BCUT2D eigenvalue weighted by molar-refractivity contribution is -0.383. The molecule has 0 aliphatic carbocycles. The summed E-state index contributed by atoms with van der Waals surface area (Å²) in [5.41, 5.74) is 1.34. The Morgan fingerprint density at radius 3 is 2.42 bits per heavy atom. The van der Waals surface area contributed by atoms with Crippen LogP contribution in [-0.2, 0) is 0 Å². The van der Waals surface area contributed by atoms with Crippen molar-refractivity contribution in [2.24, 2.45) is 0 Å². The second-order valence-corrected chi connectivity index (χ2v) is 4.35. The first-order valence-corrected chi connectivity index (χ1v) is 6.28. The van der Waals surface area contributed by atoms with Crippen molar-refractivity contribution in [2.45, 2.75) is 6.92 Å². The van der Waals surface area contributed by atoms with Gasteiger partial charge < -0.3 is 4.90 Å². The molecule has 0 amide bonds. The first-order chi connectivity index (χ1) is 9.15. The van der Waals surface area contributed by atoms with Crippen LogP contribution in [0.3, 0.4) is 0 Å². The van der Waals surface area contributed by atoms with Crippen molar-refractivity contribution in [1.82, 2.24) is 0 Å². The van der Waals surface area contributed by atoms with Crippen molar-refractivity contribution in [3.8, 4) is 0 Å². The van der Waals surface area contributed by atoms with Crippen LogP contribution in [0.5, 0.6) is 0 Å². The maximum absolute atomic E-state index is 11.2. The molecule has 0 saturated heterocycles. The summed E-state index contributed by atoms with van der Waals surface area (Å²) in [6, 6.07) is 14.5. The molecule has 19 heavy (non-hydrogen) atoms. The zero-order valence-corrected chi connectivity index (χ0v) is 11.2. The van der Waals surface area contributed by atoms with Gasteiger partial charge in [0.15, 0.2) is 0 Å². The monoisotopic (exact) mass is 276 g/mol. The van der Waals surface area contributed by atoms with Gasteiger partial charge in [-0.15, -0.1) is 0 Å². The van der Waals surface area contributed by atoms with Gasteiger partial charge in [-0.2, -0.15) is 0 Å². The summed E-state index contributed by atoms with van der Waals surface area (Å²) < 4.78 is 0. The number of anilines is 2. The Morgan fingerprint density at radius 1 is 1.16 bits per heavy atom. The van der Waals surface area contributed by atoms with Gasteiger partial charge in [-0.3, -0.25) is 10.1 Å². The summed E-state index contributed by atoms with van der Waals surface area (Å²) in [7, 11) is 0. The summed E-state index contributed by atoms with van der Waals surface area (Å²) in [6.45, 7) is 2.56. The van der Waals surface area contributed by atoms with E-state index < -0.39 is 4.92 Å². The van der Waals surface area contributed by atoms with Gasteiger partial charge in [0.2, 0.25) is 0 Å². The van der Waals surface area contributed by atoms with E-state index in [9.17, 15) is 10.1 Å². The van der Waals surface area contributed by atoms with Crippen LogP contribution in [0.25, 0.3) is 0 Å². The minimum atomic E-state index is -0.441. The SMILES string of the molecule is CCN(c1ccccc1)c1cccc(Cl)c1[N+](=O)[O-]. The summed E-state index contributed by atoms with van der Waals surface area (Å²) in [5.74, 6) is 0. The molecule has 0 bridgehead atoms. The Labute approximate surface area is 116 Å². The maximum atomic E-state index is 11.2. The zero-order chi connectivity index (χ0) is 13.8. The predicted molar refractivity (Wildman–Crippen MR) is 77.2 cm³/mol. The molecule has 0 saturated carbocycles. The number of para-hydroxylation sites is 2. The molecule has 5 heteroatoms. The minimum absolute atomic E-state index is 0.0603. The van der Waals surface area contributed by atoms with Crippen LogP contribution in [0.4, 0.5) is 17.1 Å². The van der Waals surface area contributed by atoms with Gasteiger partial charge in [0.05, 0.1) is 4.92 Å². The van der Waals surface area contributed by atoms with Gasteiger partial charge in [-0.05, 0) is 31.2 Å². The molecular formula is C14H13ClN2O2. The smallest absolute Gasteiger partial charge is 0.311 e. The Balaban J connectivity index is 2.56. The van der Waals surface area contributed by atoms with Gasteiger partial charge >= 0.3 is 5.69 Å². The maximum Gasteiger partial charge on any atom is 0.311 e. The number of hydrogen-bond acceptors (Lipinski definition) is 3. The molecule has 0 aromatic heterocycles. The zero-order valence-electron chi connectivity index (χ0n) is 10.4. The molecule has 4 nitrogen and oxygen atoms in total. The lowest BCUT2D eigenvalue weighted by Crippen LogP contribution is -2.17. The number of benzene rings is 2. The molecule has 0 spiro atoms. The standard InChI is InChI=1S/C14H13ClN2O2/c1-2-16(11-7-4-3-5-8-11)13-10-6-9-12(15)14(13)17(18)19/h3-10H,2H2,1H3. The number of rotatable bonds is 4. The number of hydrogen-bond donors (Lipinski definition) is 0. The number of nitro groups is 1. The highest BCUT2D eigenvalue weighted by Gasteiger charge is 2.22. The minimum Gasteiger partial charge on any atom is -0.336 e. The van der Waals surface area contributed by atoms with Crippen LogP contribution in [0.1, 0.15) is 6.92 Å². The van der Waals surface area contributed by atoms with Crippen molar-refractivity contribution in [2.75, 3.05) is 11.4 Å². The van der Waals surface area contributed by atoms with E-state index in [4.69, 9.17) is 11.6 Å². The molecule has 0 atom stereocenters. The molecule has 2 aromatic rings. The highest BCUT2D eigenvalue weighted by Crippen LogP contribution is 2.38. The van der Waals surface area contributed by atoms with Crippen LogP contribution in [-0.4, -0.2) is 11.5 Å². The second kappa shape index (κ2) is 5.71. The molecular weight excluding hydrogens is 264 g/mol. The van der Waals surface area contributed by atoms with E-state index in [0.717, 1.165) is 5.69 Å². The van der Waals surface area contributed by atoms with Gasteiger partial charge in [0, 0.05) is 12.2 Å². The molecule has 0 heterocycles. The molecule has 0 fully saturated rings. The third kappa shape index (κ3) is 2.69. The van der Waals surface area contributed by atoms with E-state index in [-0.39, 0.29) is 10.7 Å². The molecule has 2 aromatic carbocycles. The van der Waals surface area contributed by atoms with E-state index in [1.165, 1.54) is 6.07 Å². The first-order valence-electron chi connectivity index (χ1n) is 5.90. The Bertz CT molecular complexity index is 587. The average molecular weight is 277 g/mol. The van der Waals surface area contributed by atoms with Crippen LogP contribution >= 0.6 is 11.6 Å². The Hall–Kier alpha value is -2.07. The van der Waals surface area contributed by atoms with Crippen molar-refractivity contribution in [3.63, 3.8) is 0 Å². The second-order valence-electron chi connectivity index (χ2n) is 3.94. The average Bonchev–Trinajstić information content (AvgIpc) is 2.40. The number of halogens is 1. The summed E-state index contributed by atoms with van der Waals surface area (Å²) in [4.78, 5) is 12.6. The third-order valence-electron chi connectivity index (χ3n) is 2.82. The van der Waals surface area contributed by atoms with Gasteiger partial charge in [0.25, 0.3) is 0 Å². The highest BCUT2D eigenvalue weighted by molar-refractivity contribution is 6.33. The number of nitro benzene ring substituents is 1. The largest absolute Gasteiger partial charge is 0.336 e. The molecule has 0 N–H and O–H groups in total. The van der Waals surface area contributed by atoms with Crippen LogP contribution in [0.15, 0.2) is 48.5 Å². The summed E-state index contributed by atoms with van der Waals surface area (Å²) in [6.07, 6.45) is 0. The van der Waals surface area contributed by atoms with E-state index in [0.29, 0.717) is 12.2 Å². The summed E-state index contributed by atoms with van der Waals surface area (Å²) in [5, 5.41) is 11.3. The van der Waals surface area contributed by atoms with Crippen molar-refractivity contribution < 1.29 is 4.92 Å². The van der Waals surface area contributed by atoms with Gasteiger partial charge in [-0.1, -0.05) is 35.9 Å². The van der Waals surface area contributed by atoms with E-state index >= 15 is 0 Å². The normalized spacial score (nSPS) is 10.2. The molecule has 2 rings (SSSR count). The molecule has 0 aliphatic rings. The Morgan fingerprint density at radius 2 is 1.84 bits per heavy atom. The van der Waals surface area contributed by atoms with Crippen molar-refractivity contribution in [3.05, 3.63) is 63.7 Å². The van der Waals surface area contributed by atoms with Crippen LogP contribution in [0.2, 0.25) is 5.02 Å². The lowest BCUT2D eigenvalue weighted by atomic mass is 10.2. The highest BCUT2D eigenvalue weighted by atomic mass is 35.5. The fourth-order valence-electron chi connectivity index (χ4n) is 2.00. The van der Waals surface area contributed by atoms with E-state index in [1.54, 1.807) is 12.1 Å². The predicted octanol–water partition coefficient (Wildman–Crippen LogP) is 4.41. The first kappa shape index (κ1) is 13.4. The Kier molecular flexibility index (Phi) is 4.02. The molecule has 0 radical (unpaired) electrons. The lowest BCUT2D eigenvalue weighted by Gasteiger charge is -2.23. The van der Waals surface area contributed by atoms with E-state index in [2.05, 4.69) is 0 Å². The van der Waals surface area contributed by atoms with E-state index in [1.807, 2.05) is 42.2 Å².